The van der Waals surface area contributed by atoms with Gasteiger partial charge in [0.25, 0.3) is 0 Å². The van der Waals surface area contributed by atoms with E-state index in [9.17, 15) is 5.11 Å². The summed E-state index contributed by atoms with van der Waals surface area (Å²) in [5.74, 6) is 0. The first-order chi connectivity index (χ1) is 8.69. The molecule has 2 heteroatoms. The molecule has 0 aliphatic carbocycles. The largest absolute Gasteiger partial charge is 0.364 e. The first kappa shape index (κ1) is 11.5. The number of rotatable bonds is 1. The third-order valence-corrected chi connectivity index (χ3v) is 3.61. The van der Waals surface area contributed by atoms with E-state index in [1.165, 1.54) is 0 Å². The number of fused-ring (bicyclic) bond motifs is 1. The van der Waals surface area contributed by atoms with Gasteiger partial charge in [0.2, 0.25) is 0 Å². The van der Waals surface area contributed by atoms with Crippen LogP contribution in [0.4, 0.5) is 0 Å². The molecule has 0 saturated heterocycles. The van der Waals surface area contributed by atoms with Crippen molar-refractivity contribution in [3.63, 3.8) is 0 Å². The number of hydrogen-bond acceptors (Lipinski definition) is 2. The molecule has 0 aromatic heterocycles. The molecule has 0 saturated carbocycles. The molecule has 3 rings (SSSR count). The van der Waals surface area contributed by atoms with Crippen LogP contribution in [0.1, 0.15) is 29.9 Å². The summed E-state index contributed by atoms with van der Waals surface area (Å²) >= 11 is 0. The number of aliphatic hydroxyl groups is 1. The SMILES string of the molecule is CC1(c2ccccc2)Cc2ccccc2C(O)O1. The molecule has 0 fully saturated rings. The Balaban J connectivity index is 2.03. The summed E-state index contributed by atoms with van der Waals surface area (Å²) in [6.45, 7) is 2.03. The summed E-state index contributed by atoms with van der Waals surface area (Å²) in [4.78, 5) is 0. The zero-order valence-electron chi connectivity index (χ0n) is 10.3. The first-order valence-electron chi connectivity index (χ1n) is 6.18. The van der Waals surface area contributed by atoms with E-state index in [4.69, 9.17) is 4.74 Å². The summed E-state index contributed by atoms with van der Waals surface area (Å²) in [6.07, 6.45) is -0.0651. The summed E-state index contributed by atoms with van der Waals surface area (Å²) in [5.41, 5.74) is 2.67. The smallest absolute Gasteiger partial charge is 0.182 e. The van der Waals surface area contributed by atoms with Gasteiger partial charge in [-0.3, -0.25) is 0 Å². The molecule has 92 valence electrons. The number of ether oxygens (including phenoxy) is 1. The third-order valence-electron chi connectivity index (χ3n) is 3.61. The molecule has 2 aromatic rings. The van der Waals surface area contributed by atoms with E-state index in [1.807, 2.05) is 55.5 Å². The van der Waals surface area contributed by atoms with Crippen LogP contribution in [0.25, 0.3) is 0 Å². The van der Waals surface area contributed by atoms with Gasteiger partial charge in [0, 0.05) is 12.0 Å². The highest BCUT2D eigenvalue weighted by Gasteiger charge is 2.36. The van der Waals surface area contributed by atoms with E-state index >= 15 is 0 Å². The van der Waals surface area contributed by atoms with Gasteiger partial charge in [-0.25, -0.2) is 0 Å². The van der Waals surface area contributed by atoms with Crippen molar-refractivity contribution in [1.29, 1.82) is 0 Å². The minimum Gasteiger partial charge on any atom is -0.364 e. The minimum absolute atomic E-state index is 0.463. The minimum atomic E-state index is -0.847. The number of aliphatic hydroxyl groups excluding tert-OH is 1. The van der Waals surface area contributed by atoms with Crippen LogP contribution in [0.3, 0.4) is 0 Å². The quantitative estimate of drug-likeness (QED) is 0.829. The van der Waals surface area contributed by atoms with E-state index in [-0.39, 0.29) is 0 Å². The van der Waals surface area contributed by atoms with Gasteiger partial charge in [0.15, 0.2) is 6.29 Å². The van der Waals surface area contributed by atoms with Crippen LogP contribution in [0.15, 0.2) is 54.6 Å². The number of hydrogen-bond donors (Lipinski definition) is 1. The van der Waals surface area contributed by atoms with Gasteiger partial charge in [-0.05, 0) is 18.1 Å². The Morgan fingerprint density at radius 2 is 1.72 bits per heavy atom. The Morgan fingerprint density at radius 3 is 2.50 bits per heavy atom. The Hall–Kier alpha value is -1.64. The third kappa shape index (κ3) is 1.84. The average Bonchev–Trinajstić information content (AvgIpc) is 2.40. The van der Waals surface area contributed by atoms with Crippen molar-refractivity contribution in [3.05, 3.63) is 71.3 Å². The van der Waals surface area contributed by atoms with Crippen molar-refractivity contribution in [3.8, 4) is 0 Å². The van der Waals surface area contributed by atoms with Crippen LogP contribution in [0.5, 0.6) is 0 Å². The second kappa shape index (κ2) is 4.23. The topological polar surface area (TPSA) is 29.5 Å². The molecule has 2 atom stereocenters. The molecule has 1 aliphatic heterocycles. The van der Waals surface area contributed by atoms with E-state index < -0.39 is 11.9 Å². The highest BCUT2D eigenvalue weighted by molar-refractivity contribution is 5.35. The standard InChI is InChI=1S/C16H16O2/c1-16(13-8-3-2-4-9-13)11-12-7-5-6-10-14(12)15(17)18-16/h2-10,15,17H,11H2,1H3. The fraction of sp³-hybridized carbons (Fsp3) is 0.250. The maximum absolute atomic E-state index is 10.1. The van der Waals surface area contributed by atoms with Crippen molar-refractivity contribution in [1.82, 2.24) is 0 Å². The number of benzene rings is 2. The Kier molecular flexibility index (Phi) is 2.69. The predicted molar refractivity (Wildman–Crippen MR) is 70.0 cm³/mol. The fourth-order valence-electron chi connectivity index (χ4n) is 2.61. The van der Waals surface area contributed by atoms with E-state index in [1.54, 1.807) is 0 Å². The van der Waals surface area contributed by atoms with Crippen LogP contribution in [-0.4, -0.2) is 5.11 Å². The highest BCUT2D eigenvalue weighted by Crippen LogP contribution is 2.40. The monoisotopic (exact) mass is 240 g/mol. The molecule has 1 N–H and O–H groups in total. The molecule has 1 aliphatic rings. The van der Waals surface area contributed by atoms with Crippen LogP contribution >= 0.6 is 0 Å². The normalized spacial score (nSPS) is 26.7. The van der Waals surface area contributed by atoms with E-state index in [0.29, 0.717) is 0 Å². The lowest BCUT2D eigenvalue weighted by atomic mass is 9.84. The Morgan fingerprint density at radius 1 is 1.06 bits per heavy atom. The van der Waals surface area contributed by atoms with Gasteiger partial charge >= 0.3 is 0 Å². The van der Waals surface area contributed by atoms with Gasteiger partial charge in [-0.1, -0.05) is 54.6 Å². The molecular formula is C16H16O2. The molecule has 0 bridgehead atoms. The molecule has 2 aromatic carbocycles. The van der Waals surface area contributed by atoms with Crippen LogP contribution in [0, 0.1) is 0 Å². The molecule has 2 nitrogen and oxygen atoms in total. The second-order valence-corrected chi connectivity index (χ2v) is 4.94. The molecule has 0 amide bonds. The van der Waals surface area contributed by atoms with Crippen molar-refractivity contribution >= 4 is 0 Å². The summed E-state index contributed by atoms with van der Waals surface area (Å²) in [7, 11) is 0. The summed E-state index contributed by atoms with van der Waals surface area (Å²) < 4.78 is 5.84. The predicted octanol–water partition coefficient (Wildman–Crippen LogP) is 3.17. The molecule has 0 radical (unpaired) electrons. The molecule has 18 heavy (non-hydrogen) atoms. The maximum atomic E-state index is 10.1. The molecule has 1 heterocycles. The van der Waals surface area contributed by atoms with E-state index in [0.717, 1.165) is 23.1 Å². The van der Waals surface area contributed by atoms with Gasteiger partial charge in [0.05, 0.1) is 5.60 Å². The zero-order chi connectivity index (χ0) is 12.6. The first-order valence-corrected chi connectivity index (χ1v) is 6.18. The molecule has 2 unspecified atom stereocenters. The molecule has 0 spiro atoms. The van der Waals surface area contributed by atoms with Crippen LogP contribution in [0.2, 0.25) is 0 Å². The zero-order valence-corrected chi connectivity index (χ0v) is 10.3. The van der Waals surface area contributed by atoms with Gasteiger partial charge in [0.1, 0.15) is 0 Å². The van der Waals surface area contributed by atoms with Crippen LogP contribution in [-0.2, 0) is 16.8 Å². The van der Waals surface area contributed by atoms with Crippen molar-refractivity contribution in [2.24, 2.45) is 0 Å². The Bertz CT molecular complexity index is 550. The summed E-state index contributed by atoms with van der Waals surface area (Å²) in [5, 5.41) is 10.1. The lowest BCUT2D eigenvalue weighted by Gasteiger charge is -2.38. The highest BCUT2D eigenvalue weighted by atomic mass is 16.6. The molecular weight excluding hydrogens is 224 g/mol. The average molecular weight is 240 g/mol. The fourth-order valence-corrected chi connectivity index (χ4v) is 2.61. The van der Waals surface area contributed by atoms with Gasteiger partial charge in [-0.2, -0.15) is 0 Å². The van der Waals surface area contributed by atoms with E-state index in [2.05, 4.69) is 6.07 Å². The second-order valence-electron chi connectivity index (χ2n) is 4.94. The van der Waals surface area contributed by atoms with Crippen molar-refractivity contribution < 1.29 is 9.84 Å². The van der Waals surface area contributed by atoms with Crippen molar-refractivity contribution in [2.45, 2.75) is 25.2 Å². The van der Waals surface area contributed by atoms with Crippen molar-refractivity contribution in [2.75, 3.05) is 0 Å². The lowest BCUT2D eigenvalue weighted by Crippen LogP contribution is -2.35. The summed E-state index contributed by atoms with van der Waals surface area (Å²) in [6, 6.07) is 18.0. The van der Waals surface area contributed by atoms with Gasteiger partial charge in [-0.15, -0.1) is 0 Å². The van der Waals surface area contributed by atoms with Crippen LogP contribution < -0.4 is 0 Å². The van der Waals surface area contributed by atoms with Gasteiger partial charge < -0.3 is 9.84 Å². The lowest BCUT2D eigenvalue weighted by molar-refractivity contribution is -0.198. The Labute approximate surface area is 107 Å². The maximum Gasteiger partial charge on any atom is 0.182 e.